The van der Waals surface area contributed by atoms with Crippen molar-refractivity contribution in [2.75, 3.05) is 0 Å². The Morgan fingerprint density at radius 3 is 2.92 bits per heavy atom. The third-order valence-corrected chi connectivity index (χ3v) is 4.84. The number of fused-ring (bicyclic) bond motifs is 1. The van der Waals surface area contributed by atoms with Crippen LogP contribution >= 0.6 is 23.4 Å². The van der Waals surface area contributed by atoms with E-state index in [4.69, 9.17) is 20.4 Å². The van der Waals surface area contributed by atoms with Gasteiger partial charge in [0.25, 0.3) is 11.1 Å². The maximum absolute atomic E-state index is 6.22. The van der Waals surface area contributed by atoms with Gasteiger partial charge in [-0.2, -0.15) is 0 Å². The minimum atomic E-state index is 0.461. The first-order valence-electron chi connectivity index (χ1n) is 7.25. The molecule has 0 aliphatic rings. The molecule has 5 nitrogen and oxygen atoms in total. The highest BCUT2D eigenvalue weighted by Crippen LogP contribution is 2.31. The summed E-state index contributed by atoms with van der Waals surface area (Å²) in [7, 11) is 0. The Morgan fingerprint density at radius 2 is 2.08 bits per heavy atom. The van der Waals surface area contributed by atoms with Gasteiger partial charge >= 0.3 is 0 Å². The molecule has 0 amide bonds. The Morgan fingerprint density at radius 1 is 1.17 bits per heavy atom. The van der Waals surface area contributed by atoms with E-state index in [0.29, 0.717) is 21.9 Å². The van der Waals surface area contributed by atoms with E-state index in [1.165, 1.54) is 11.8 Å². The highest BCUT2D eigenvalue weighted by Gasteiger charge is 2.14. The maximum atomic E-state index is 6.22. The Balaban J connectivity index is 1.57. The van der Waals surface area contributed by atoms with Crippen LogP contribution in [0.25, 0.3) is 22.4 Å². The maximum Gasteiger partial charge on any atom is 0.277 e. The fraction of sp³-hybridized carbons (Fsp3) is 0.118. The molecule has 0 spiro atoms. The van der Waals surface area contributed by atoms with Crippen molar-refractivity contribution in [1.82, 2.24) is 15.2 Å². The smallest absolute Gasteiger partial charge is 0.277 e. The van der Waals surface area contributed by atoms with E-state index in [-0.39, 0.29) is 0 Å². The summed E-state index contributed by atoms with van der Waals surface area (Å²) >= 11 is 7.69. The van der Waals surface area contributed by atoms with Gasteiger partial charge in [0.05, 0.1) is 17.3 Å². The summed E-state index contributed by atoms with van der Waals surface area (Å²) in [5.74, 6) is 1.88. The molecular weight excluding hydrogens is 346 g/mol. The second-order valence-corrected chi connectivity index (χ2v) is 6.49. The van der Waals surface area contributed by atoms with Crippen molar-refractivity contribution in [3.8, 4) is 11.5 Å². The minimum Gasteiger partial charge on any atom is -0.469 e. The van der Waals surface area contributed by atoms with Crippen molar-refractivity contribution in [2.45, 2.75) is 17.9 Å². The van der Waals surface area contributed by atoms with Gasteiger partial charge in [0.2, 0.25) is 0 Å². The first-order valence-corrected chi connectivity index (χ1v) is 8.61. The van der Waals surface area contributed by atoms with Gasteiger partial charge in [-0.15, -0.1) is 10.2 Å². The molecule has 4 rings (SSSR count). The second-order valence-electron chi connectivity index (χ2n) is 5.16. The number of thioether (sulfide) groups is 1. The summed E-state index contributed by atoms with van der Waals surface area (Å²) < 4.78 is 11.0. The van der Waals surface area contributed by atoms with Crippen molar-refractivity contribution < 1.29 is 8.83 Å². The largest absolute Gasteiger partial charge is 0.469 e. The predicted octanol–water partition coefficient (Wildman–Crippen LogP) is 5.13. The number of pyridine rings is 1. The molecule has 0 saturated heterocycles. The van der Waals surface area contributed by atoms with E-state index in [0.717, 1.165) is 27.8 Å². The zero-order valence-corrected chi connectivity index (χ0v) is 14.3. The Kier molecular flexibility index (Phi) is 4.00. The lowest BCUT2D eigenvalue weighted by molar-refractivity contribution is 0.463. The topological polar surface area (TPSA) is 65.0 Å². The van der Waals surface area contributed by atoms with Gasteiger partial charge < -0.3 is 8.83 Å². The molecule has 120 valence electrons. The van der Waals surface area contributed by atoms with Gasteiger partial charge in [-0.25, -0.2) is 0 Å². The van der Waals surface area contributed by atoms with Gasteiger partial charge in [-0.05, 0) is 36.8 Å². The third-order valence-electron chi connectivity index (χ3n) is 3.65. The monoisotopic (exact) mass is 357 g/mol. The zero-order valence-electron chi connectivity index (χ0n) is 12.7. The molecule has 0 unspecified atom stereocenters. The summed E-state index contributed by atoms with van der Waals surface area (Å²) in [6.07, 6.45) is 3.37. The normalized spacial score (nSPS) is 11.2. The van der Waals surface area contributed by atoms with E-state index in [9.17, 15) is 0 Å². The zero-order chi connectivity index (χ0) is 16.5. The molecule has 0 saturated carbocycles. The quantitative estimate of drug-likeness (QED) is 0.471. The van der Waals surface area contributed by atoms with E-state index in [1.54, 1.807) is 12.5 Å². The fourth-order valence-corrected chi connectivity index (χ4v) is 3.40. The standard InChI is InChI=1S/C17H12ClN3O2S/c1-10-12(6-8-22-10)16-20-21-17(23-16)24-9-11-4-5-14(18)13-3-2-7-19-15(11)13/h2-8H,9H2,1H3. The second kappa shape index (κ2) is 6.30. The van der Waals surface area contributed by atoms with Gasteiger partial charge in [0, 0.05) is 22.4 Å². The van der Waals surface area contributed by atoms with Crippen LogP contribution in [0.15, 0.2) is 56.8 Å². The number of hydrogen-bond acceptors (Lipinski definition) is 6. The molecule has 1 aromatic carbocycles. The van der Waals surface area contributed by atoms with Crippen LogP contribution in [-0.4, -0.2) is 15.2 Å². The molecule has 0 bridgehead atoms. The molecule has 0 atom stereocenters. The number of aryl methyl sites for hydroxylation is 1. The van der Waals surface area contributed by atoms with E-state index >= 15 is 0 Å². The molecule has 7 heteroatoms. The molecule has 0 radical (unpaired) electrons. The average Bonchev–Trinajstić information content (AvgIpc) is 3.23. The van der Waals surface area contributed by atoms with Crippen molar-refractivity contribution in [2.24, 2.45) is 0 Å². The summed E-state index contributed by atoms with van der Waals surface area (Å²) in [4.78, 5) is 4.43. The Labute approximate surface area is 147 Å². The molecule has 0 fully saturated rings. The van der Waals surface area contributed by atoms with Gasteiger partial charge in [-0.1, -0.05) is 29.4 Å². The number of aromatic nitrogens is 3. The van der Waals surface area contributed by atoms with Crippen molar-refractivity contribution in [1.29, 1.82) is 0 Å². The lowest BCUT2D eigenvalue weighted by atomic mass is 10.1. The molecular formula is C17H12ClN3O2S. The van der Waals surface area contributed by atoms with Crippen molar-refractivity contribution in [3.05, 3.63) is 59.1 Å². The van der Waals surface area contributed by atoms with Crippen LogP contribution in [0.1, 0.15) is 11.3 Å². The lowest BCUT2D eigenvalue weighted by Crippen LogP contribution is -1.88. The van der Waals surface area contributed by atoms with Crippen LogP contribution in [0.2, 0.25) is 5.02 Å². The molecule has 4 aromatic rings. The molecule has 0 aliphatic heterocycles. The van der Waals surface area contributed by atoms with E-state index < -0.39 is 0 Å². The first-order chi connectivity index (χ1) is 11.7. The summed E-state index contributed by atoms with van der Waals surface area (Å²) in [5.41, 5.74) is 2.77. The lowest BCUT2D eigenvalue weighted by Gasteiger charge is -2.05. The van der Waals surface area contributed by atoms with Crippen LogP contribution in [-0.2, 0) is 5.75 Å². The summed E-state index contributed by atoms with van der Waals surface area (Å²) in [6.45, 7) is 1.86. The minimum absolute atomic E-state index is 0.461. The number of nitrogens with zero attached hydrogens (tertiary/aromatic N) is 3. The molecule has 0 aliphatic carbocycles. The van der Waals surface area contributed by atoms with Crippen LogP contribution < -0.4 is 0 Å². The highest BCUT2D eigenvalue weighted by molar-refractivity contribution is 7.98. The molecule has 3 aromatic heterocycles. The number of hydrogen-bond donors (Lipinski definition) is 0. The predicted molar refractivity (Wildman–Crippen MR) is 93.1 cm³/mol. The number of halogens is 1. The number of rotatable bonds is 4. The third kappa shape index (κ3) is 2.79. The van der Waals surface area contributed by atoms with Crippen LogP contribution in [0.3, 0.4) is 0 Å². The molecule has 24 heavy (non-hydrogen) atoms. The van der Waals surface area contributed by atoms with E-state index in [2.05, 4.69) is 15.2 Å². The van der Waals surface area contributed by atoms with E-state index in [1.807, 2.05) is 37.3 Å². The number of benzene rings is 1. The van der Waals surface area contributed by atoms with Gasteiger partial charge in [0.1, 0.15) is 5.76 Å². The SMILES string of the molecule is Cc1occc1-c1nnc(SCc2ccc(Cl)c3cccnc23)o1. The highest BCUT2D eigenvalue weighted by atomic mass is 35.5. The summed E-state index contributed by atoms with van der Waals surface area (Å²) in [6, 6.07) is 9.51. The summed E-state index contributed by atoms with van der Waals surface area (Å²) in [5, 5.41) is 10.3. The fourth-order valence-electron chi connectivity index (χ4n) is 2.44. The molecule has 0 N–H and O–H groups in total. The van der Waals surface area contributed by atoms with Gasteiger partial charge in [-0.3, -0.25) is 4.98 Å². The average molecular weight is 358 g/mol. The Bertz CT molecular complexity index is 1010. The van der Waals surface area contributed by atoms with Crippen LogP contribution in [0.5, 0.6) is 0 Å². The Hall–Kier alpha value is -2.31. The van der Waals surface area contributed by atoms with Gasteiger partial charge in [0.15, 0.2) is 0 Å². The first kappa shape index (κ1) is 15.2. The van der Waals surface area contributed by atoms with Crippen LogP contribution in [0.4, 0.5) is 0 Å². The van der Waals surface area contributed by atoms with Crippen LogP contribution in [0, 0.1) is 6.92 Å². The number of furan rings is 1. The molecule has 3 heterocycles. The van der Waals surface area contributed by atoms with Crippen molar-refractivity contribution >= 4 is 34.3 Å². The van der Waals surface area contributed by atoms with Crippen molar-refractivity contribution in [3.63, 3.8) is 0 Å².